The zero-order chi connectivity index (χ0) is 55.5. The highest BCUT2D eigenvalue weighted by Gasteiger charge is 2.66. The number of alkyl halides is 3. The number of halogens is 5. The van der Waals surface area contributed by atoms with E-state index >= 15 is 0 Å². The monoisotopic (exact) mass is 1090 g/mol. The van der Waals surface area contributed by atoms with Gasteiger partial charge in [0.15, 0.2) is 17.2 Å². The van der Waals surface area contributed by atoms with E-state index in [0.717, 1.165) is 83.1 Å². The highest BCUT2D eigenvalue weighted by molar-refractivity contribution is 5.98. The van der Waals surface area contributed by atoms with Crippen molar-refractivity contribution in [2.45, 2.75) is 139 Å². The van der Waals surface area contributed by atoms with Crippen molar-refractivity contribution in [3.05, 3.63) is 83.4 Å². The number of hydrogen-bond donors (Lipinski definition) is 4. The Bertz CT molecular complexity index is 2690. The summed E-state index contributed by atoms with van der Waals surface area (Å²) >= 11 is 0. The van der Waals surface area contributed by atoms with E-state index in [9.17, 15) is 50.7 Å². The molecular formula is C56H69F5N8O9. The average molecular weight is 1090 g/mol. The van der Waals surface area contributed by atoms with Crippen LogP contribution in [0.4, 0.5) is 27.6 Å². The molecule has 6 atom stereocenters. The minimum absolute atomic E-state index is 0.00410. The largest absolute Gasteiger partial charge is 0.493 e. The molecule has 3 aromatic rings. The minimum Gasteiger partial charge on any atom is -0.493 e. The van der Waals surface area contributed by atoms with Crippen LogP contribution in [0.2, 0.25) is 0 Å². The van der Waals surface area contributed by atoms with Crippen molar-refractivity contribution in [1.82, 2.24) is 35.7 Å². The Labute approximate surface area is 449 Å². The van der Waals surface area contributed by atoms with Crippen molar-refractivity contribution in [3.8, 4) is 5.75 Å². The summed E-state index contributed by atoms with van der Waals surface area (Å²) < 4.78 is 88.1. The Morgan fingerprint density at radius 2 is 1.54 bits per heavy atom. The second-order valence-corrected chi connectivity index (χ2v) is 22.3. The van der Waals surface area contributed by atoms with Gasteiger partial charge in [-0.25, -0.2) is 4.39 Å². The van der Waals surface area contributed by atoms with Gasteiger partial charge in [-0.2, -0.15) is 17.6 Å². The van der Waals surface area contributed by atoms with Gasteiger partial charge in [0.1, 0.15) is 11.8 Å². The molecule has 5 heterocycles. The number of piperidine rings is 1. The Hall–Kier alpha value is -6.29. The molecule has 422 valence electrons. The smallest absolute Gasteiger partial charge is 0.417 e. The predicted octanol–water partition coefficient (Wildman–Crippen LogP) is 6.93. The van der Waals surface area contributed by atoms with Crippen molar-refractivity contribution in [3.63, 3.8) is 0 Å². The third-order valence-corrected chi connectivity index (χ3v) is 17.6. The number of methoxy groups -OCH3 is 1. The highest BCUT2D eigenvalue weighted by Crippen LogP contribution is 2.55. The second-order valence-electron chi connectivity index (χ2n) is 22.3. The minimum atomic E-state index is -4.95. The number of nitrogens with one attached hydrogen (secondary N) is 4. The lowest BCUT2D eigenvalue weighted by molar-refractivity contribution is -0.272. The number of pyridine rings is 2. The van der Waals surface area contributed by atoms with Gasteiger partial charge in [-0.3, -0.25) is 38.7 Å². The van der Waals surface area contributed by atoms with E-state index in [-0.39, 0.29) is 109 Å². The van der Waals surface area contributed by atoms with Crippen LogP contribution in [0.3, 0.4) is 0 Å². The maximum atomic E-state index is 14.8. The Morgan fingerprint density at radius 3 is 2.19 bits per heavy atom. The lowest BCUT2D eigenvalue weighted by Gasteiger charge is -2.46. The van der Waals surface area contributed by atoms with Crippen LogP contribution in [0.1, 0.15) is 131 Å². The number of ether oxygens (including phenoxy) is 3. The number of rotatable bonds is 17. The van der Waals surface area contributed by atoms with Crippen LogP contribution in [0.5, 0.6) is 5.75 Å². The van der Waals surface area contributed by atoms with Crippen molar-refractivity contribution in [2.24, 2.45) is 29.1 Å². The van der Waals surface area contributed by atoms with Crippen LogP contribution < -0.4 is 26.0 Å². The third-order valence-electron chi connectivity index (χ3n) is 17.6. The molecule has 17 nitrogen and oxygen atoms in total. The number of anilines is 1. The molecule has 6 fully saturated rings. The van der Waals surface area contributed by atoms with Crippen molar-refractivity contribution < 1.29 is 64.9 Å². The molecule has 3 saturated carbocycles. The summed E-state index contributed by atoms with van der Waals surface area (Å²) in [7, 11) is 1.03. The van der Waals surface area contributed by atoms with Gasteiger partial charge in [0.05, 0.1) is 32.3 Å². The van der Waals surface area contributed by atoms with Gasteiger partial charge < -0.3 is 45.3 Å². The van der Waals surface area contributed by atoms with Crippen LogP contribution in [0.25, 0.3) is 0 Å². The molecule has 3 saturated heterocycles. The van der Waals surface area contributed by atoms with E-state index in [4.69, 9.17) is 14.2 Å². The number of nitrogens with zero attached hydrogens (tertiary/aromatic N) is 4. The molecule has 4 N–H and O–H groups in total. The number of carbonyl (C=O) groups excluding carboxylic acids is 6. The third kappa shape index (κ3) is 12.0. The highest BCUT2D eigenvalue weighted by atomic mass is 19.4. The van der Waals surface area contributed by atoms with Crippen LogP contribution in [0.15, 0.2) is 55.0 Å². The molecule has 6 amide bonds. The lowest BCUT2D eigenvalue weighted by atomic mass is 9.65. The first-order chi connectivity index (χ1) is 37.3. The van der Waals surface area contributed by atoms with Gasteiger partial charge in [0, 0.05) is 98.2 Å². The van der Waals surface area contributed by atoms with Crippen LogP contribution >= 0.6 is 0 Å². The fourth-order valence-corrected chi connectivity index (χ4v) is 12.7. The van der Waals surface area contributed by atoms with Gasteiger partial charge in [-0.1, -0.05) is 19.1 Å². The van der Waals surface area contributed by atoms with Crippen molar-refractivity contribution in [1.29, 1.82) is 0 Å². The molecule has 3 aliphatic carbocycles. The topological polar surface area (TPSA) is 210 Å². The summed E-state index contributed by atoms with van der Waals surface area (Å²) in [5, 5.41) is 11.3. The summed E-state index contributed by atoms with van der Waals surface area (Å²) in [6.45, 7) is 3.87. The molecule has 6 aliphatic rings. The molecule has 9 rings (SSSR count). The number of benzene rings is 1. The van der Waals surface area contributed by atoms with E-state index < -0.39 is 64.8 Å². The number of hydrogen-bond acceptors (Lipinski definition) is 11. The molecular weight excluding hydrogens is 1020 g/mol. The SMILES string of the molecule is COc1c([C@H]2[C@H](C(=O)Nc3ccnc(C(=O)NCCOCCNC(=O)C4CCC(NC(=O)C5CCC6(CC5)CCN(C(=O)[C@H]5CC(=O)N(C7CC7)[C@@H]5c5cccnc5)CC6)CC4)c3)O[C@@](C)(C(F)(F)F)[C@H]2C)ccc(F)c1F. The predicted molar refractivity (Wildman–Crippen MR) is 272 cm³/mol. The Balaban J connectivity index is 0.645. The standard InChI is InChI=1S/C56H69F5N8O9/c1-32-44(39-12-13-41(57)45(58)47(39)76-3)48(78-54(32,2)56(59,60)61)52(74)67-37-16-22-63-42(29-37)51(73)65-24-28-77-27-23-64-49(71)33-6-8-36(9-7-33)66-50(72)34-14-17-55(18-15-34)19-25-68(26-20-55)53(75)40-30-43(70)69(38-10-11-38)46(40)35-5-4-21-62-31-35/h4-5,12-13,16,21-22,29,31-34,36,38,40,44,46,48H,6-11,14-15,17-20,23-28,30H2,1-3H3,(H,64,71)(H,65,73)(H,66,72)(H,63,67,74)/t32-,33?,36?,40-,44-,46+,48+,54+/m0/s1. The summed E-state index contributed by atoms with van der Waals surface area (Å²) in [6, 6.07) is 8.11. The zero-order valence-electron chi connectivity index (χ0n) is 44.2. The molecule has 78 heavy (non-hydrogen) atoms. The molecule has 2 aromatic heterocycles. The number of likely N-dealkylation sites (tertiary alicyclic amines) is 2. The summed E-state index contributed by atoms with van der Waals surface area (Å²) in [6.07, 6.45) is 8.06. The molecule has 3 aliphatic heterocycles. The van der Waals surface area contributed by atoms with E-state index in [2.05, 4.69) is 31.2 Å². The fourth-order valence-electron chi connectivity index (χ4n) is 12.7. The van der Waals surface area contributed by atoms with Crippen LogP contribution in [0, 0.1) is 40.7 Å². The number of amides is 6. The first kappa shape index (κ1) is 56.4. The van der Waals surface area contributed by atoms with Gasteiger partial charge in [-0.15, -0.1) is 0 Å². The molecule has 0 radical (unpaired) electrons. The summed E-state index contributed by atoms with van der Waals surface area (Å²) in [5.74, 6) is -8.48. The van der Waals surface area contributed by atoms with E-state index in [1.54, 1.807) is 12.4 Å². The Morgan fingerprint density at radius 1 is 0.846 bits per heavy atom. The molecule has 0 bridgehead atoms. The molecule has 1 spiro atoms. The molecule has 1 aromatic carbocycles. The summed E-state index contributed by atoms with van der Waals surface area (Å²) in [4.78, 5) is 92.6. The first-order valence-corrected chi connectivity index (χ1v) is 27.3. The number of aromatic nitrogens is 2. The average Bonchev–Trinajstić information content (AvgIpc) is 4.19. The Kier molecular flexibility index (Phi) is 17.1. The van der Waals surface area contributed by atoms with Gasteiger partial charge >= 0.3 is 6.18 Å². The van der Waals surface area contributed by atoms with E-state index in [0.29, 0.717) is 38.8 Å². The fraction of sp³-hybridized carbons (Fsp3) is 0.607. The maximum absolute atomic E-state index is 14.8. The van der Waals surface area contributed by atoms with E-state index in [1.165, 1.54) is 25.3 Å². The quantitative estimate of drug-likeness (QED) is 0.0805. The van der Waals surface area contributed by atoms with Gasteiger partial charge in [0.2, 0.25) is 29.4 Å². The lowest BCUT2D eigenvalue weighted by Crippen LogP contribution is -2.48. The maximum Gasteiger partial charge on any atom is 0.417 e. The normalized spacial score (nSPS) is 27.3. The first-order valence-electron chi connectivity index (χ1n) is 27.3. The van der Waals surface area contributed by atoms with Crippen LogP contribution in [-0.4, -0.2) is 132 Å². The van der Waals surface area contributed by atoms with E-state index in [1.807, 2.05) is 21.9 Å². The molecule has 0 unspecified atom stereocenters. The number of carbonyl (C=O) groups is 6. The van der Waals surface area contributed by atoms with Crippen molar-refractivity contribution in [2.75, 3.05) is 51.8 Å². The molecule has 22 heteroatoms. The second kappa shape index (κ2) is 23.6. The van der Waals surface area contributed by atoms with Crippen LogP contribution in [-0.2, 0) is 33.4 Å². The summed E-state index contributed by atoms with van der Waals surface area (Å²) in [5.41, 5.74) is -2.13. The van der Waals surface area contributed by atoms with Crippen molar-refractivity contribution >= 4 is 41.1 Å². The van der Waals surface area contributed by atoms with Gasteiger partial charge in [-0.05, 0) is 119 Å². The van der Waals surface area contributed by atoms with Gasteiger partial charge in [0.25, 0.3) is 11.8 Å². The zero-order valence-corrected chi connectivity index (χ0v) is 44.2.